The van der Waals surface area contributed by atoms with Crippen LogP contribution in [0.1, 0.15) is 27.7 Å². The first-order valence-electron chi connectivity index (χ1n) is 7.76. The minimum Gasteiger partial charge on any atom is -0.484 e. The molecule has 6 nitrogen and oxygen atoms in total. The third kappa shape index (κ3) is 4.22. The zero-order valence-corrected chi connectivity index (χ0v) is 14.7. The largest absolute Gasteiger partial charge is 0.484 e. The normalized spacial score (nSPS) is 10.7. The maximum absolute atomic E-state index is 12.2. The Labute approximate surface area is 150 Å². The third-order valence-electron chi connectivity index (χ3n) is 3.69. The molecule has 0 spiro atoms. The minimum atomic E-state index is -0.299. The van der Waals surface area contributed by atoms with E-state index >= 15 is 0 Å². The topological polar surface area (TPSA) is 69.3 Å². The lowest BCUT2D eigenvalue weighted by molar-refractivity contribution is 0.0918. The smallest absolute Gasteiger partial charge is 0.287 e. The summed E-state index contributed by atoms with van der Waals surface area (Å²) in [6, 6.07) is 12.4. The summed E-state index contributed by atoms with van der Waals surface area (Å²) in [5.41, 5.74) is 1.82. The lowest BCUT2D eigenvalue weighted by Crippen LogP contribution is -2.22. The van der Waals surface area contributed by atoms with Gasteiger partial charge in [0.05, 0.1) is 17.3 Å². The van der Waals surface area contributed by atoms with Crippen molar-refractivity contribution in [3.8, 4) is 5.75 Å². The number of aromatic nitrogens is 2. The highest BCUT2D eigenvalue weighted by Gasteiger charge is 2.12. The Morgan fingerprint density at radius 1 is 1.32 bits per heavy atom. The van der Waals surface area contributed by atoms with Crippen LogP contribution in [0.5, 0.6) is 5.75 Å². The van der Waals surface area contributed by atoms with Gasteiger partial charge in [-0.15, -0.1) is 0 Å². The van der Waals surface area contributed by atoms with E-state index in [1.807, 2.05) is 32.2 Å². The number of furan rings is 1. The quantitative estimate of drug-likeness (QED) is 0.731. The fraction of sp³-hybridized carbons (Fsp3) is 0.222. The zero-order valence-electron chi connectivity index (χ0n) is 14.0. The molecular formula is C18H18ClN3O3. The molecule has 2 aromatic heterocycles. The van der Waals surface area contributed by atoms with E-state index in [0.29, 0.717) is 23.1 Å². The number of benzene rings is 1. The molecule has 1 aromatic carbocycles. The van der Waals surface area contributed by atoms with Crippen molar-refractivity contribution < 1.29 is 13.9 Å². The summed E-state index contributed by atoms with van der Waals surface area (Å²) >= 11 is 6.03. The fourth-order valence-corrected chi connectivity index (χ4v) is 2.46. The van der Waals surface area contributed by atoms with Crippen molar-refractivity contribution in [1.29, 1.82) is 0 Å². The Bertz CT molecular complexity index is 866. The molecule has 0 bridgehead atoms. The number of nitrogens with one attached hydrogen (secondary N) is 1. The van der Waals surface area contributed by atoms with Crippen molar-refractivity contribution in [2.24, 2.45) is 7.05 Å². The Kier molecular flexibility index (Phi) is 5.09. The van der Waals surface area contributed by atoms with Crippen molar-refractivity contribution in [2.45, 2.75) is 20.1 Å². The second kappa shape index (κ2) is 7.44. The van der Waals surface area contributed by atoms with E-state index in [0.717, 1.165) is 11.4 Å². The molecule has 25 heavy (non-hydrogen) atoms. The SMILES string of the molecule is Cc1cc(CNC(=O)c2ccc(COc3ccccc3Cl)o2)nn1C. The van der Waals surface area contributed by atoms with Crippen molar-refractivity contribution in [2.75, 3.05) is 0 Å². The molecule has 2 heterocycles. The lowest BCUT2D eigenvalue weighted by atomic mass is 10.3. The first-order chi connectivity index (χ1) is 12.0. The first-order valence-corrected chi connectivity index (χ1v) is 8.14. The molecule has 0 aliphatic carbocycles. The van der Waals surface area contributed by atoms with Gasteiger partial charge in [0, 0.05) is 12.7 Å². The monoisotopic (exact) mass is 359 g/mol. The molecule has 3 aromatic rings. The molecule has 130 valence electrons. The number of carbonyl (C=O) groups excluding carboxylic acids is 1. The molecule has 3 rings (SSSR count). The molecule has 0 unspecified atom stereocenters. The fourth-order valence-electron chi connectivity index (χ4n) is 2.27. The van der Waals surface area contributed by atoms with Crippen LogP contribution in [-0.2, 0) is 20.2 Å². The Balaban J connectivity index is 1.55. The maximum Gasteiger partial charge on any atom is 0.287 e. The number of halogens is 1. The first kappa shape index (κ1) is 17.1. The maximum atomic E-state index is 12.2. The summed E-state index contributed by atoms with van der Waals surface area (Å²) in [5, 5.41) is 7.60. The van der Waals surface area contributed by atoms with Crippen LogP contribution in [0.3, 0.4) is 0 Å². The van der Waals surface area contributed by atoms with Gasteiger partial charge in [0.25, 0.3) is 5.91 Å². The van der Waals surface area contributed by atoms with Gasteiger partial charge in [-0.3, -0.25) is 9.48 Å². The van der Waals surface area contributed by atoms with E-state index in [4.69, 9.17) is 20.8 Å². The molecule has 0 saturated heterocycles. The number of carbonyl (C=O) groups is 1. The van der Waals surface area contributed by atoms with E-state index in [1.165, 1.54) is 0 Å². The van der Waals surface area contributed by atoms with Gasteiger partial charge >= 0.3 is 0 Å². The molecule has 0 fully saturated rings. The van der Waals surface area contributed by atoms with E-state index in [2.05, 4.69) is 10.4 Å². The number of ether oxygens (including phenoxy) is 1. The van der Waals surface area contributed by atoms with Crippen LogP contribution >= 0.6 is 11.6 Å². The summed E-state index contributed by atoms with van der Waals surface area (Å²) in [6.07, 6.45) is 0. The summed E-state index contributed by atoms with van der Waals surface area (Å²) in [6.45, 7) is 2.49. The van der Waals surface area contributed by atoms with Crippen molar-refractivity contribution in [3.63, 3.8) is 0 Å². The molecule has 1 amide bonds. The highest BCUT2D eigenvalue weighted by Crippen LogP contribution is 2.24. The van der Waals surface area contributed by atoms with Crippen LogP contribution in [0.25, 0.3) is 0 Å². The van der Waals surface area contributed by atoms with Crippen LogP contribution in [0, 0.1) is 6.92 Å². The zero-order chi connectivity index (χ0) is 17.8. The van der Waals surface area contributed by atoms with Crippen LogP contribution in [0.4, 0.5) is 0 Å². The average molecular weight is 360 g/mol. The molecule has 0 aliphatic heterocycles. The molecule has 0 atom stereocenters. The number of rotatable bonds is 6. The number of amides is 1. The van der Waals surface area contributed by atoms with Crippen molar-refractivity contribution in [1.82, 2.24) is 15.1 Å². The number of hydrogen-bond donors (Lipinski definition) is 1. The van der Waals surface area contributed by atoms with Crippen LogP contribution in [-0.4, -0.2) is 15.7 Å². The highest BCUT2D eigenvalue weighted by molar-refractivity contribution is 6.32. The van der Waals surface area contributed by atoms with Gasteiger partial charge in [-0.2, -0.15) is 5.10 Å². The summed E-state index contributed by atoms with van der Waals surface area (Å²) in [5.74, 6) is 1.04. The van der Waals surface area contributed by atoms with Gasteiger partial charge in [0.1, 0.15) is 18.1 Å². The molecule has 0 radical (unpaired) electrons. The second-order valence-electron chi connectivity index (χ2n) is 5.57. The van der Waals surface area contributed by atoms with E-state index in [9.17, 15) is 4.79 Å². The predicted molar refractivity (Wildman–Crippen MR) is 93.6 cm³/mol. The van der Waals surface area contributed by atoms with Gasteiger partial charge < -0.3 is 14.5 Å². The second-order valence-corrected chi connectivity index (χ2v) is 5.98. The summed E-state index contributed by atoms with van der Waals surface area (Å²) < 4.78 is 12.9. The van der Waals surface area contributed by atoms with Gasteiger partial charge in [0.2, 0.25) is 0 Å². The van der Waals surface area contributed by atoms with Crippen molar-refractivity contribution in [3.05, 3.63) is 70.4 Å². The Morgan fingerprint density at radius 3 is 2.84 bits per heavy atom. The minimum absolute atomic E-state index is 0.191. The molecule has 0 aliphatic rings. The predicted octanol–water partition coefficient (Wildman–Crippen LogP) is 3.48. The molecular weight excluding hydrogens is 342 g/mol. The van der Waals surface area contributed by atoms with Crippen LogP contribution in [0.15, 0.2) is 46.9 Å². The summed E-state index contributed by atoms with van der Waals surface area (Å²) in [7, 11) is 1.86. The Morgan fingerprint density at radius 2 is 2.12 bits per heavy atom. The number of hydrogen-bond acceptors (Lipinski definition) is 4. The lowest BCUT2D eigenvalue weighted by Gasteiger charge is -2.05. The van der Waals surface area contributed by atoms with Gasteiger partial charge in [-0.25, -0.2) is 0 Å². The van der Waals surface area contributed by atoms with E-state index in [1.54, 1.807) is 28.9 Å². The van der Waals surface area contributed by atoms with Gasteiger partial charge in [-0.05, 0) is 37.3 Å². The average Bonchev–Trinajstić information content (AvgIpc) is 3.19. The molecule has 1 N–H and O–H groups in total. The van der Waals surface area contributed by atoms with Crippen LogP contribution < -0.4 is 10.1 Å². The van der Waals surface area contributed by atoms with Crippen molar-refractivity contribution >= 4 is 17.5 Å². The van der Waals surface area contributed by atoms with E-state index < -0.39 is 0 Å². The molecule has 0 saturated carbocycles. The van der Waals surface area contributed by atoms with Gasteiger partial charge in [-0.1, -0.05) is 23.7 Å². The standard InChI is InChI=1S/C18H18ClN3O3/c1-12-9-13(21-22(12)2)10-20-18(23)17-8-7-14(25-17)11-24-16-6-4-3-5-15(16)19/h3-9H,10-11H2,1-2H3,(H,20,23). The highest BCUT2D eigenvalue weighted by atomic mass is 35.5. The van der Waals surface area contributed by atoms with E-state index in [-0.39, 0.29) is 18.3 Å². The van der Waals surface area contributed by atoms with Crippen LogP contribution in [0.2, 0.25) is 5.02 Å². The number of aryl methyl sites for hydroxylation is 2. The number of nitrogens with zero attached hydrogens (tertiary/aromatic N) is 2. The number of para-hydroxylation sites is 1. The summed E-state index contributed by atoms with van der Waals surface area (Å²) in [4.78, 5) is 12.2. The molecule has 7 heteroatoms. The Hall–Kier alpha value is -2.73. The third-order valence-corrected chi connectivity index (χ3v) is 4.00. The van der Waals surface area contributed by atoms with Gasteiger partial charge in [0.15, 0.2) is 5.76 Å².